The summed E-state index contributed by atoms with van der Waals surface area (Å²) in [5.41, 5.74) is 3.07. The lowest BCUT2D eigenvalue weighted by atomic mass is 10.0. The number of ketones is 2. The molecule has 6 rings (SSSR count). The molecule has 6 aromatic rings. The highest BCUT2D eigenvalue weighted by Gasteiger charge is 2.17. The number of ether oxygens (including phenoxy) is 1. The summed E-state index contributed by atoms with van der Waals surface area (Å²) in [6.45, 7) is 0. The molecule has 0 saturated carbocycles. The van der Waals surface area contributed by atoms with E-state index in [1.165, 1.54) is 0 Å². The van der Waals surface area contributed by atoms with Gasteiger partial charge in [-0.2, -0.15) is 0 Å². The summed E-state index contributed by atoms with van der Waals surface area (Å²) in [7, 11) is 0. The number of carbonyl (C=O) groups is 2. The van der Waals surface area contributed by atoms with Crippen LogP contribution in [0.5, 0.6) is 11.5 Å². The van der Waals surface area contributed by atoms with Crippen molar-refractivity contribution in [2.24, 2.45) is 0 Å². The van der Waals surface area contributed by atoms with E-state index in [-0.39, 0.29) is 24.4 Å². The van der Waals surface area contributed by atoms with Crippen molar-refractivity contribution in [2.75, 3.05) is 0 Å². The average molecular weight is 498 g/mol. The van der Waals surface area contributed by atoms with E-state index >= 15 is 0 Å². The summed E-state index contributed by atoms with van der Waals surface area (Å²) in [5.74, 6) is 1.78. The van der Waals surface area contributed by atoms with Crippen LogP contribution in [0.3, 0.4) is 0 Å². The Morgan fingerprint density at radius 2 is 1.45 bits per heavy atom. The van der Waals surface area contributed by atoms with E-state index in [0.717, 1.165) is 27.6 Å². The molecule has 0 spiro atoms. The van der Waals surface area contributed by atoms with Crippen LogP contribution in [-0.4, -0.2) is 26.5 Å². The zero-order valence-corrected chi connectivity index (χ0v) is 20.4. The van der Waals surface area contributed by atoms with E-state index in [1.54, 1.807) is 18.3 Å². The van der Waals surface area contributed by atoms with Gasteiger partial charge in [-0.25, -0.2) is 4.98 Å². The highest BCUT2D eigenvalue weighted by Crippen LogP contribution is 2.23. The van der Waals surface area contributed by atoms with Gasteiger partial charge in [0.05, 0.1) is 17.5 Å². The number of benzene rings is 4. The number of nitrogens with zero attached hydrogens (tertiary/aromatic N) is 2. The molecule has 38 heavy (non-hydrogen) atoms. The third kappa shape index (κ3) is 4.92. The molecule has 0 amide bonds. The normalized spacial score (nSPS) is 11.1. The lowest BCUT2D eigenvalue weighted by Crippen LogP contribution is -2.07. The van der Waals surface area contributed by atoms with Gasteiger partial charge in [0.2, 0.25) is 0 Å². The van der Waals surface area contributed by atoms with Crippen molar-refractivity contribution < 1.29 is 14.3 Å². The number of rotatable bonds is 8. The van der Waals surface area contributed by atoms with Crippen molar-refractivity contribution in [3.63, 3.8) is 0 Å². The summed E-state index contributed by atoms with van der Waals surface area (Å²) in [4.78, 5) is 38.3. The van der Waals surface area contributed by atoms with Crippen LogP contribution >= 0.6 is 0 Å². The molecule has 2 heterocycles. The fourth-order valence-electron chi connectivity index (χ4n) is 4.45. The zero-order chi connectivity index (χ0) is 25.9. The summed E-state index contributed by atoms with van der Waals surface area (Å²) >= 11 is 0. The molecule has 0 fully saturated rings. The topological polar surface area (TPSA) is 84.9 Å². The fourth-order valence-corrected chi connectivity index (χ4v) is 4.45. The van der Waals surface area contributed by atoms with Crippen LogP contribution in [0.15, 0.2) is 109 Å². The minimum absolute atomic E-state index is 0.0482. The molecule has 184 valence electrons. The number of nitrogens with one attached hydrogen (secondary N) is 1. The van der Waals surface area contributed by atoms with Gasteiger partial charge in [-0.15, -0.1) is 0 Å². The lowest BCUT2D eigenvalue weighted by Gasteiger charge is -2.07. The zero-order valence-electron chi connectivity index (χ0n) is 20.4. The quantitative estimate of drug-likeness (QED) is 0.235. The summed E-state index contributed by atoms with van der Waals surface area (Å²) in [5, 5.41) is 1.94. The van der Waals surface area contributed by atoms with E-state index in [0.29, 0.717) is 28.3 Å². The molecule has 6 heteroatoms. The fraction of sp³-hybridized carbons (Fsp3) is 0.0625. The standard InChI is InChI=1S/C32H23N3O3/c36-29(17-21-13-15-25(16-14-21)38-24-9-2-1-3-10-24)26-11-6-12-27-32(26)35-31(34-27)19-30(37)28-18-22-7-4-5-8-23(22)20-33-28/h1-16,18,20H,17,19H2,(H,34,35). The molecule has 6 nitrogen and oxygen atoms in total. The third-order valence-electron chi connectivity index (χ3n) is 6.37. The summed E-state index contributed by atoms with van der Waals surface area (Å²) < 4.78 is 5.84. The number of fused-ring (bicyclic) bond motifs is 2. The number of pyridine rings is 1. The Hall–Kier alpha value is -5.10. The van der Waals surface area contributed by atoms with Gasteiger partial charge in [0.1, 0.15) is 23.0 Å². The first-order valence-corrected chi connectivity index (χ1v) is 12.3. The van der Waals surface area contributed by atoms with Crippen LogP contribution in [0.2, 0.25) is 0 Å². The van der Waals surface area contributed by atoms with Crippen molar-refractivity contribution in [1.29, 1.82) is 0 Å². The largest absolute Gasteiger partial charge is 0.457 e. The first-order chi connectivity index (χ1) is 18.6. The van der Waals surface area contributed by atoms with Gasteiger partial charge >= 0.3 is 0 Å². The highest BCUT2D eigenvalue weighted by molar-refractivity contribution is 6.07. The minimum atomic E-state index is -0.138. The number of carbonyl (C=O) groups excluding carboxylic acids is 2. The van der Waals surface area contributed by atoms with Crippen LogP contribution in [0.1, 0.15) is 32.2 Å². The van der Waals surface area contributed by atoms with Gasteiger partial charge in [0.25, 0.3) is 0 Å². The van der Waals surface area contributed by atoms with Crippen LogP contribution in [-0.2, 0) is 12.8 Å². The molecule has 0 atom stereocenters. The Bertz CT molecular complexity index is 1770. The first-order valence-electron chi connectivity index (χ1n) is 12.3. The second-order valence-corrected chi connectivity index (χ2v) is 9.06. The maximum atomic E-state index is 13.2. The number of aromatic nitrogens is 3. The van der Waals surface area contributed by atoms with E-state index < -0.39 is 0 Å². The smallest absolute Gasteiger partial charge is 0.188 e. The van der Waals surface area contributed by atoms with Crippen LogP contribution < -0.4 is 4.74 Å². The number of Topliss-reactive ketones (excluding diaryl/α,β-unsaturated/α-hetero) is 2. The Morgan fingerprint density at radius 3 is 2.26 bits per heavy atom. The second kappa shape index (κ2) is 10.1. The Labute approximate surface area is 219 Å². The maximum Gasteiger partial charge on any atom is 0.188 e. The molecule has 0 saturated heterocycles. The van der Waals surface area contributed by atoms with Gasteiger partial charge in [-0.05, 0) is 53.4 Å². The number of hydrogen-bond acceptors (Lipinski definition) is 5. The van der Waals surface area contributed by atoms with E-state index in [4.69, 9.17) is 4.74 Å². The Kier molecular flexibility index (Phi) is 6.20. The molecular formula is C32H23N3O3. The number of hydrogen-bond donors (Lipinski definition) is 1. The minimum Gasteiger partial charge on any atom is -0.457 e. The van der Waals surface area contributed by atoms with E-state index in [2.05, 4.69) is 15.0 Å². The molecule has 0 bridgehead atoms. The van der Waals surface area contributed by atoms with Gasteiger partial charge in [0, 0.05) is 23.6 Å². The predicted octanol–water partition coefficient (Wildman–Crippen LogP) is 6.75. The van der Waals surface area contributed by atoms with Gasteiger partial charge in [0.15, 0.2) is 11.6 Å². The van der Waals surface area contributed by atoms with Crippen LogP contribution in [0, 0.1) is 0 Å². The Balaban J connectivity index is 1.18. The number of aromatic amines is 1. The SMILES string of the molecule is O=C(Cc1nc2c(C(=O)Cc3ccc(Oc4ccccc4)cc3)cccc2[nH]1)c1cc2ccccc2cn1. The molecule has 0 unspecified atom stereocenters. The van der Waals surface area contributed by atoms with Crippen molar-refractivity contribution in [3.8, 4) is 11.5 Å². The van der Waals surface area contributed by atoms with Gasteiger partial charge in [-0.1, -0.05) is 60.7 Å². The highest BCUT2D eigenvalue weighted by atomic mass is 16.5. The maximum absolute atomic E-state index is 13.2. The lowest BCUT2D eigenvalue weighted by molar-refractivity contribution is 0.0982. The number of H-pyrrole nitrogens is 1. The second-order valence-electron chi connectivity index (χ2n) is 9.06. The van der Waals surface area contributed by atoms with Gasteiger partial charge < -0.3 is 9.72 Å². The molecule has 0 aliphatic heterocycles. The van der Waals surface area contributed by atoms with Crippen molar-refractivity contribution in [1.82, 2.24) is 15.0 Å². The molecule has 4 aromatic carbocycles. The molecular weight excluding hydrogens is 474 g/mol. The molecule has 0 aliphatic rings. The van der Waals surface area contributed by atoms with Crippen molar-refractivity contribution >= 4 is 33.4 Å². The van der Waals surface area contributed by atoms with E-state index in [1.807, 2.05) is 91.0 Å². The predicted molar refractivity (Wildman–Crippen MR) is 147 cm³/mol. The molecule has 2 aromatic heterocycles. The van der Waals surface area contributed by atoms with Crippen LogP contribution in [0.25, 0.3) is 21.8 Å². The van der Waals surface area contributed by atoms with Crippen molar-refractivity contribution in [3.05, 3.63) is 132 Å². The summed E-state index contributed by atoms with van der Waals surface area (Å²) in [6.07, 6.45) is 2.00. The molecule has 1 N–H and O–H groups in total. The number of imidazole rings is 1. The third-order valence-corrected chi connectivity index (χ3v) is 6.37. The van der Waals surface area contributed by atoms with Gasteiger partial charge in [-0.3, -0.25) is 14.6 Å². The summed E-state index contributed by atoms with van der Waals surface area (Å²) in [6, 6.07) is 32.1. The Morgan fingerprint density at radius 1 is 0.711 bits per heavy atom. The van der Waals surface area contributed by atoms with Crippen LogP contribution in [0.4, 0.5) is 0 Å². The molecule has 0 aliphatic carbocycles. The average Bonchev–Trinajstić information content (AvgIpc) is 3.37. The monoisotopic (exact) mass is 497 g/mol. The van der Waals surface area contributed by atoms with Crippen molar-refractivity contribution in [2.45, 2.75) is 12.8 Å². The number of para-hydroxylation sites is 2. The first kappa shape index (κ1) is 23.3. The van der Waals surface area contributed by atoms with E-state index in [9.17, 15) is 9.59 Å². The molecule has 0 radical (unpaired) electrons.